The molecule has 0 fully saturated rings. The van der Waals surface area contributed by atoms with Crippen molar-refractivity contribution in [2.24, 2.45) is 5.92 Å². The van der Waals surface area contributed by atoms with Crippen LogP contribution in [-0.4, -0.2) is 16.5 Å². The molecule has 1 aliphatic rings. The van der Waals surface area contributed by atoms with E-state index in [2.05, 4.69) is 24.1 Å². The van der Waals surface area contributed by atoms with Crippen molar-refractivity contribution in [3.63, 3.8) is 0 Å². The van der Waals surface area contributed by atoms with Crippen LogP contribution in [0.3, 0.4) is 0 Å². The summed E-state index contributed by atoms with van der Waals surface area (Å²) in [6.45, 7) is 2.36. The van der Waals surface area contributed by atoms with E-state index in [0.29, 0.717) is 5.92 Å². The largest absolute Gasteiger partial charge is 0.481 e. The summed E-state index contributed by atoms with van der Waals surface area (Å²) < 4.78 is 5.47. The summed E-state index contributed by atoms with van der Waals surface area (Å²) >= 11 is 0. The second kappa shape index (κ2) is 5.95. The predicted octanol–water partition coefficient (Wildman–Crippen LogP) is 3.06. The third kappa shape index (κ3) is 3.51. The van der Waals surface area contributed by atoms with Gasteiger partial charge in [-0.15, -0.1) is 0 Å². The Kier molecular flexibility index (Phi) is 4.07. The summed E-state index contributed by atoms with van der Waals surface area (Å²) in [6, 6.07) is 3.16. The van der Waals surface area contributed by atoms with Crippen molar-refractivity contribution in [3.05, 3.63) is 64.4 Å². The average molecular weight is 258 g/mol. The van der Waals surface area contributed by atoms with Gasteiger partial charge in [0.05, 0.1) is 0 Å². The van der Waals surface area contributed by atoms with Crippen LogP contribution in [0.15, 0.2) is 54.3 Å². The fourth-order valence-corrected chi connectivity index (χ4v) is 1.64. The summed E-state index contributed by atoms with van der Waals surface area (Å²) in [5, 5.41) is 10.8. The Labute approximate surface area is 111 Å². The Hall–Kier alpha value is -2.43. The van der Waals surface area contributed by atoms with Gasteiger partial charge < -0.3 is 14.9 Å². The highest BCUT2D eigenvalue weighted by Gasteiger charge is 2.15. The maximum atomic E-state index is 10.8. The van der Waals surface area contributed by atoms with Gasteiger partial charge in [0.15, 0.2) is 0 Å². The first-order valence-electron chi connectivity index (χ1n) is 5.94. The topological polar surface area (TPSA) is 65.3 Å². The minimum atomic E-state index is -0.547. The first-order chi connectivity index (χ1) is 9.16. The molecular weight excluding hydrogens is 244 g/mol. The lowest BCUT2D eigenvalue weighted by Crippen LogP contribution is -2.03. The van der Waals surface area contributed by atoms with Crippen LogP contribution in [0.5, 0.6) is 5.75 Å². The quantitative estimate of drug-likeness (QED) is 0.615. The van der Waals surface area contributed by atoms with Gasteiger partial charge >= 0.3 is 5.82 Å². The minimum absolute atomic E-state index is 0.183. The zero-order chi connectivity index (χ0) is 13.7. The van der Waals surface area contributed by atoms with Crippen LogP contribution in [0.1, 0.15) is 6.92 Å². The molecule has 1 atom stereocenters. The zero-order valence-corrected chi connectivity index (χ0v) is 10.5. The third-order valence-electron chi connectivity index (χ3n) is 2.66. The van der Waals surface area contributed by atoms with Crippen LogP contribution < -0.4 is 4.74 Å². The number of hydrogen-bond donors (Lipinski definition) is 0. The van der Waals surface area contributed by atoms with E-state index in [1.165, 1.54) is 6.20 Å². The zero-order valence-electron chi connectivity index (χ0n) is 10.5. The lowest BCUT2D eigenvalue weighted by molar-refractivity contribution is -0.390. The molecule has 1 aromatic rings. The van der Waals surface area contributed by atoms with Gasteiger partial charge in [-0.25, -0.2) is 0 Å². The van der Waals surface area contributed by atoms with Crippen molar-refractivity contribution in [2.45, 2.75) is 6.92 Å². The van der Waals surface area contributed by atoms with Gasteiger partial charge in [0.1, 0.15) is 12.8 Å². The van der Waals surface area contributed by atoms with Crippen LogP contribution in [0, 0.1) is 16.0 Å². The number of ether oxygens (including phenoxy) is 1. The Bertz CT molecular complexity index is 562. The number of nitro groups is 1. The SMILES string of the molecule is CC1C=CC=C(COc2cccnc2[N+](=O)[O-])C=C1. The number of allylic oxidation sites excluding steroid dienone is 4. The average Bonchev–Trinajstić information content (AvgIpc) is 2.61. The number of aromatic nitrogens is 1. The molecule has 0 aliphatic heterocycles. The van der Waals surface area contributed by atoms with Gasteiger partial charge in [-0.2, -0.15) is 0 Å². The smallest absolute Gasteiger partial charge is 0.406 e. The van der Waals surface area contributed by atoms with E-state index >= 15 is 0 Å². The molecule has 19 heavy (non-hydrogen) atoms. The third-order valence-corrected chi connectivity index (χ3v) is 2.66. The molecule has 2 rings (SSSR count). The van der Waals surface area contributed by atoms with E-state index < -0.39 is 4.92 Å². The molecule has 0 bridgehead atoms. The number of nitrogens with zero attached hydrogens (tertiary/aromatic N) is 2. The monoisotopic (exact) mass is 258 g/mol. The molecule has 0 amide bonds. The molecule has 0 aromatic carbocycles. The van der Waals surface area contributed by atoms with Gasteiger partial charge in [-0.1, -0.05) is 37.3 Å². The highest BCUT2D eigenvalue weighted by atomic mass is 16.6. The van der Waals surface area contributed by atoms with Gasteiger partial charge in [0, 0.05) is 0 Å². The summed E-state index contributed by atoms with van der Waals surface area (Å²) in [5.41, 5.74) is 0.957. The van der Waals surface area contributed by atoms with E-state index in [4.69, 9.17) is 4.74 Å². The predicted molar refractivity (Wildman–Crippen MR) is 71.9 cm³/mol. The van der Waals surface area contributed by atoms with Gasteiger partial charge in [-0.3, -0.25) is 0 Å². The van der Waals surface area contributed by atoms with Crippen molar-refractivity contribution < 1.29 is 9.66 Å². The normalized spacial score (nSPS) is 17.7. The van der Waals surface area contributed by atoms with Gasteiger partial charge in [-0.05, 0) is 33.5 Å². The molecule has 1 unspecified atom stereocenters. The highest BCUT2D eigenvalue weighted by Crippen LogP contribution is 2.23. The van der Waals surface area contributed by atoms with Crippen LogP contribution in [-0.2, 0) is 0 Å². The molecule has 0 N–H and O–H groups in total. The molecule has 1 aliphatic carbocycles. The summed E-state index contributed by atoms with van der Waals surface area (Å²) in [5.74, 6) is 0.300. The fraction of sp³-hybridized carbons (Fsp3) is 0.214. The maximum absolute atomic E-state index is 10.8. The number of rotatable bonds is 4. The van der Waals surface area contributed by atoms with E-state index in [1.807, 2.05) is 18.2 Å². The Morgan fingerprint density at radius 2 is 2.32 bits per heavy atom. The minimum Gasteiger partial charge on any atom is -0.481 e. The Morgan fingerprint density at radius 1 is 1.47 bits per heavy atom. The number of pyridine rings is 1. The van der Waals surface area contributed by atoms with Crippen molar-refractivity contribution in [1.82, 2.24) is 4.98 Å². The van der Waals surface area contributed by atoms with Crippen LogP contribution >= 0.6 is 0 Å². The number of hydrogen-bond acceptors (Lipinski definition) is 4. The lowest BCUT2D eigenvalue weighted by Gasteiger charge is -2.06. The summed E-state index contributed by atoms with van der Waals surface area (Å²) in [4.78, 5) is 13.9. The first-order valence-corrected chi connectivity index (χ1v) is 5.94. The summed E-state index contributed by atoms with van der Waals surface area (Å²) in [6.07, 6.45) is 11.3. The fourth-order valence-electron chi connectivity index (χ4n) is 1.64. The second-order valence-electron chi connectivity index (χ2n) is 4.22. The Balaban J connectivity index is 2.07. The van der Waals surface area contributed by atoms with Crippen LogP contribution in [0.4, 0.5) is 5.82 Å². The van der Waals surface area contributed by atoms with E-state index in [1.54, 1.807) is 12.1 Å². The van der Waals surface area contributed by atoms with Gasteiger partial charge in [0.25, 0.3) is 0 Å². The molecule has 1 aromatic heterocycles. The lowest BCUT2D eigenvalue weighted by atomic mass is 10.1. The molecule has 98 valence electrons. The molecule has 5 nitrogen and oxygen atoms in total. The van der Waals surface area contributed by atoms with Gasteiger partial charge in [0.2, 0.25) is 5.75 Å². The Morgan fingerprint density at radius 3 is 3.11 bits per heavy atom. The standard InChI is InChI=1S/C14H14N2O3/c1-11-4-2-5-12(8-7-11)10-19-13-6-3-9-15-14(13)16(17)18/h2-9,11H,10H2,1H3. The van der Waals surface area contributed by atoms with Crippen molar-refractivity contribution in [1.29, 1.82) is 0 Å². The molecular formula is C14H14N2O3. The van der Waals surface area contributed by atoms with E-state index in [9.17, 15) is 10.1 Å². The van der Waals surface area contributed by atoms with Crippen LogP contribution in [0.25, 0.3) is 0 Å². The van der Waals surface area contributed by atoms with E-state index in [0.717, 1.165) is 5.57 Å². The summed E-state index contributed by atoms with van der Waals surface area (Å²) in [7, 11) is 0. The molecule has 0 radical (unpaired) electrons. The molecule has 1 heterocycles. The second-order valence-corrected chi connectivity index (χ2v) is 4.22. The molecule has 0 saturated carbocycles. The highest BCUT2D eigenvalue weighted by molar-refractivity contribution is 5.39. The van der Waals surface area contributed by atoms with Crippen molar-refractivity contribution in [3.8, 4) is 5.75 Å². The maximum Gasteiger partial charge on any atom is 0.406 e. The molecule has 5 heteroatoms. The molecule has 0 spiro atoms. The van der Waals surface area contributed by atoms with E-state index in [-0.39, 0.29) is 18.2 Å². The van der Waals surface area contributed by atoms with Crippen LogP contribution in [0.2, 0.25) is 0 Å². The first kappa shape index (κ1) is 13.0. The van der Waals surface area contributed by atoms with Crippen molar-refractivity contribution >= 4 is 5.82 Å². The molecule has 0 saturated heterocycles. The van der Waals surface area contributed by atoms with Crippen molar-refractivity contribution in [2.75, 3.05) is 6.61 Å².